The van der Waals surface area contributed by atoms with Gasteiger partial charge in [0.15, 0.2) is 0 Å². The van der Waals surface area contributed by atoms with Crippen LogP contribution in [0.3, 0.4) is 0 Å². The van der Waals surface area contributed by atoms with Crippen LogP contribution in [-0.4, -0.2) is 59.5 Å². The fraction of sp³-hybridized carbons (Fsp3) is 0.900. The van der Waals surface area contributed by atoms with Gasteiger partial charge in [-0.25, -0.2) is 0 Å². The quantitative estimate of drug-likeness (QED) is 0.657. The molecule has 0 aromatic heterocycles. The Morgan fingerprint density at radius 3 is 3.00 bits per heavy atom. The molecule has 1 aliphatic rings. The summed E-state index contributed by atoms with van der Waals surface area (Å²) >= 11 is 0. The fourth-order valence-corrected chi connectivity index (χ4v) is 1.61. The zero-order valence-electron chi connectivity index (χ0n) is 9.06. The number of hydrogen-bond acceptors (Lipinski definition) is 4. The first-order valence-electron chi connectivity index (χ1n) is 5.31. The van der Waals surface area contributed by atoms with Crippen molar-refractivity contribution in [1.29, 1.82) is 0 Å². The lowest BCUT2D eigenvalue weighted by atomic mass is 10.1. The van der Waals surface area contributed by atoms with Crippen molar-refractivity contribution in [3.63, 3.8) is 0 Å². The largest absolute Gasteiger partial charge is 0.394 e. The van der Waals surface area contributed by atoms with Crippen molar-refractivity contribution in [2.45, 2.75) is 31.9 Å². The van der Waals surface area contributed by atoms with Crippen LogP contribution in [0.2, 0.25) is 0 Å². The number of hydrogen-bond donors (Lipinski definition) is 2. The van der Waals surface area contributed by atoms with Crippen molar-refractivity contribution in [2.24, 2.45) is 0 Å². The monoisotopic (exact) mass is 217 g/mol. The number of nitrogens with zero attached hydrogens (tertiary/aromatic N) is 1. The summed E-state index contributed by atoms with van der Waals surface area (Å²) in [4.78, 5) is 13.4. The van der Waals surface area contributed by atoms with E-state index in [1.807, 2.05) is 0 Å². The van der Waals surface area contributed by atoms with Crippen molar-refractivity contribution in [1.82, 2.24) is 4.90 Å². The van der Waals surface area contributed by atoms with E-state index in [0.717, 1.165) is 0 Å². The van der Waals surface area contributed by atoms with E-state index in [1.54, 1.807) is 11.8 Å². The maximum absolute atomic E-state index is 11.7. The molecule has 1 heterocycles. The Balaban J connectivity index is 2.41. The Morgan fingerprint density at radius 2 is 2.40 bits per heavy atom. The topological polar surface area (TPSA) is 70.0 Å². The van der Waals surface area contributed by atoms with E-state index >= 15 is 0 Å². The minimum atomic E-state index is -0.456. The molecule has 1 aliphatic heterocycles. The molecular weight excluding hydrogens is 198 g/mol. The van der Waals surface area contributed by atoms with Gasteiger partial charge in [0, 0.05) is 13.0 Å². The molecule has 0 saturated carbocycles. The molecule has 5 nitrogen and oxygen atoms in total. The molecule has 2 N–H and O–H groups in total. The third kappa shape index (κ3) is 3.77. The number of carbonyl (C=O) groups is 1. The van der Waals surface area contributed by atoms with Crippen LogP contribution in [0.5, 0.6) is 0 Å². The molecule has 1 amide bonds. The molecule has 1 fully saturated rings. The van der Waals surface area contributed by atoms with Crippen LogP contribution in [-0.2, 0) is 9.53 Å². The third-order valence-electron chi connectivity index (χ3n) is 2.53. The van der Waals surface area contributed by atoms with Crippen LogP contribution in [0.15, 0.2) is 0 Å². The van der Waals surface area contributed by atoms with Crippen LogP contribution in [0.1, 0.15) is 19.8 Å². The Kier molecular flexibility index (Phi) is 5.01. The van der Waals surface area contributed by atoms with Crippen LogP contribution < -0.4 is 0 Å². The molecule has 0 spiro atoms. The van der Waals surface area contributed by atoms with Crippen LogP contribution >= 0.6 is 0 Å². The summed E-state index contributed by atoms with van der Waals surface area (Å²) in [6.45, 7) is 3.05. The maximum Gasteiger partial charge on any atom is 0.223 e. The lowest BCUT2D eigenvalue weighted by Gasteiger charge is -2.34. The number of aliphatic hydroxyl groups excluding tert-OH is 2. The minimum Gasteiger partial charge on any atom is -0.394 e. The highest BCUT2D eigenvalue weighted by Gasteiger charge is 2.26. The number of aliphatic hydroxyl groups is 2. The van der Waals surface area contributed by atoms with Gasteiger partial charge in [0.05, 0.1) is 32.0 Å². The number of amides is 1. The van der Waals surface area contributed by atoms with E-state index in [0.29, 0.717) is 32.6 Å². The summed E-state index contributed by atoms with van der Waals surface area (Å²) in [5.41, 5.74) is 0. The molecule has 1 rings (SSSR count). The molecule has 0 aromatic rings. The zero-order chi connectivity index (χ0) is 11.3. The molecule has 0 radical (unpaired) electrons. The first-order chi connectivity index (χ1) is 7.15. The molecule has 2 atom stereocenters. The second-order valence-corrected chi connectivity index (χ2v) is 3.89. The molecular formula is C10H19NO4. The summed E-state index contributed by atoms with van der Waals surface area (Å²) in [5.74, 6) is -0.0155. The van der Waals surface area contributed by atoms with E-state index < -0.39 is 6.10 Å². The summed E-state index contributed by atoms with van der Waals surface area (Å²) in [7, 11) is 0. The van der Waals surface area contributed by atoms with Gasteiger partial charge in [-0.05, 0) is 13.3 Å². The second kappa shape index (κ2) is 6.05. The second-order valence-electron chi connectivity index (χ2n) is 3.89. The number of morpholine rings is 1. The number of ether oxygens (including phenoxy) is 1. The predicted molar refractivity (Wildman–Crippen MR) is 54.3 cm³/mol. The SMILES string of the molecule is CC(O)CCC(=O)N1CCOCC1CO. The van der Waals surface area contributed by atoms with Crippen molar-refractivity contribution >= 4 is 5.91 Å². The summed E-state index contributed by atoms with van der Waals surface area (Å²) < 4.78 is 5.18. The smallest absolute Gasteiger partial charge is 0.223 e. The fourth-order valence-electron chi connectivity index (χ4n) is 1.61. The van der Waals surface area contributed by atoms with Crippen LogP contribution in [0, 0.1) is 0 Å². The molecule has 88 valence electrons. The van der Waals surface area contributed by atoms with Crippen molar-refractivity contribution < 1.29 is 19.7 Å². The van der Waals surface area contributed by atoms with Gasteiger partial charge in [-0.1, -0.05) is 0 Å². The molecule has 2 unspecified atom stereocenters. The van der Waals surface area contributed by atoms with Crippen LogP contribution in [0.4, 0.5) is 0 Å². The van der Waals surface area contributed by atoms with E-state index in [1.165, 1.54) is 0 Å². The van der Waals surface area contributed by atoms with Gasteiger partial charge in [0.1, 0.15) is 0 Å². The number of rotatable bonds is 4. The van der Waals surface area contributed by atoms with E-state index in [2.05, 4.69) is 0 Å². The highest BCUT2D eigenvalue weighted by atomic mass is 16.5. The van der Waals surface area contributed by atoms with Gasteiger partial charge < -0.3 is 19.8 Å². The van der Waals surface area contributed by atoms with Gasteiger partial charge in [-0.2, -0.15) is 0 Å². The van der Waals surface area contributed by atoms with E-state index in [9.17, 15) is 4.79 Å². The molecule has 0 aliphatic carbocycles. The normalized spacial score (nSPS) is 23.9. The van der Waals surface area contributed by atoms with Gasteiger partial charge in [-0.15, -0.1) is 0 Å². The third-order valence-corrected chi connectivity index (χ3v) is 2.53. The molecule has 5 heteroatoms. The van der Waals surface area contributed by atoms with Crippen LogP contribution in [0.25, 0.3) is 0 Å². The van der Waals surface area contributed by atoms with E-state index in [4.69, 9.17) is 14.9 Å². The Morgan fingerprint density at radius 1 is 1.67 bits per heavy atom. The zero-order valence-corrected chi connectivity index (χ0v) is 9.06. The lowest BCUT2D eigenvalue weighted by molar-refractivity contribution is -0.142. The van der Waals surface area contributed by atoms with Gasteiger partial charge in [0.25, 0.3) is 0 Å². The van der Waals surface area contributed by atoms with Crippen molar-refractivity contribution in [2.75, 3.05) is 26.4 Å². The first-order valence-corrected chi connectivity index (χ1v) is 5.31. The van der Waals surface area contributed by atoms with Gasteiger partial charge >= 0.3 is 0 Å². The first kappa shape index (κ1) is 12.4. The lowest BCUT2D eigenvalue weighted by Crippen LogP contribution is -2.50. The van der Waals surface area contributed by atoms with Crippen molar-refractivity contribution in [3.05, 3.63) is 0 Å². The summed E-state index contributed by atoms with van der Waals surface area (Å²) in [5, 5.41) is 18.1. The highest BCUT2D eigenvalue weighted by molar-refractivity contribution is 5.76. The highest BCUT2D eigenvalue weighted by Crippen LogP contribution is 2.10. The molecule has 1 saturated heterocycles. The van der Waals surface area contributed by atoms with Crippen molar-refractivity contribution in [3.8, 4) is 0 Å². The maximum atomic E-state index is 11.7. The Labute approximate surface area is 89.6 Å². The van der Waals surface area contributed by atoms with Gasteiger partial charge in [0.2, 0.25) is 5.91 Å². The predicted octanol–water partition coefficient (Wildman–Crippen LogP) is -0.633. The minimum absolute atomic E-state index is 0.0155. The summed E-state index contributed by atoms with van der Waals surface area (Å²) in [6, 6.07) is -0.222. The summed E-state index contributed by atoms with van der Waals surface area (Å²) in [6.07, 6.45) is 0.338. The molecule has 15 heavy (non-hydrogen) atoms. The Hall–Kier alpha value is -0.650. The Bertz CT molecular complexity index is 208. The molecule has 0 aromatic carbocycles. The van der Waals surface area contributed by atoms with E-state index in [-0.39, 0.29) is 18.6 Å². The standard InChI is InChI=1S/C10H19NO4/c1-8(13)2-3-10(14)11-4-5-15-7-9(11)6-12/h8-9,12-13H,2-7H2,1H3. The average molecular weight is 217 g/mol. The number of carbonyl (C=O) groups excluding carboxylic acids is 1. The average Bonchev–Trinajstić information content (AvgIpc) is 2.25. The van der Waals surface area contributed by atoms with Gasteiger partial charge in [-0.3, -0.25) is 4.79 Å². The molecule has 0 bridgehead atoms.